The average molecular weight is 201 g/mol. The largest absolute Gasteiger partial charge is 0.358 e. The summed E-state index contributed by atoms with van der Waals surface area (Å²) in [7, 11) is 0. The standard InChI is InChI=1S/C7H13.CH3.Y/c1-7-5-3-2-4-6-7;;/h5,7H,2-4,6H2,1H3;1H3;/q2*-1;. The Morgan fingerprint density at radius 2 is 2.00 bits per heavy atom. The van der Waals surface area contributed by atoms with Crippen molar-refractivity contribution in [2.45, 2.75) is 32.6 Å². The van der Waals surface area contributed by atoms with Gasteiger partial charge in [0, 0.05) is 32.7 Å². The fraction of sp³-hybridized carbons (Fsp3) is 0.750. The second kappa shape index (κ2) is 7.21. The summed E-state index contributed by atoms with van der Waals surface area (Å²) in [5, 5.41) is 0. The molecule has 1 atom stereocenters. The number of hydrogen-bond acceptors (Lipinski definition) is 0. The molecule has 0 saturated heterocycles. The predicted molar refractivity (Wildman–Crippen MR) is 38.3 cm³/mol. The van der Waals surface area contributed by atoms with Crippen molar-refractivity contribution in [1.29, 1.82) is 0 Å². The van der Waals surface area contributed by atoms with Crippen LogP contribution in [0, 0.1) is 19.8 Å². The summed E-state index contributed by atoms with van der Waals surface area (Å²) in [4.78, 5) is 0. The van der Waals surface area contributed by atoms with Gasteiger partial charge in [-0.3, -0.25) is 0 Å². The molecule has 0 N–H and O–H groups in total. The van der Waals surface area contributed by atoms with Gasteiger partial charge >= 0.3 is 0 Å². The van der Waals surface area contributed by atoms with Crippen LogP contribution in [0.4, 0.5) is 0 Å². The zero-order valence-corrected chi connectivity index (χ0v) is 9.40. The van der Waals surface area contributed by atoms with Crippen molar-refractivity contribution in [3.05, 3.63) is 13.8 Å². The van der Waals surface area contributed by atoms with Crippen molar-refractivity contribution in [1.82, 2.24) is 0 Å². The molecule has 0 amide bonds. The number of rotatable bonds is 0. The van der Waals surface area contributed by atoms with Crippen LogP contribution in [0.25, 0.3) is 0 Å². The normalized spacial score (nSPS) is 25.7. The van der Waals surface area contributed by atoms with Crippen molar-refractivity contribution >= 4 is 0 Å². The molecule has 1 saturated carbocycles. The van der Waals surface area contributed by atoms with Gasteiger partial charge in [0.1, 0.15) is 0 Å². The molecule has 1 aliphatic carbocycles. The fourth-order valence-electron chi connectivity index (χ4n) is 1.13. The monoisotopic (exact) mass is 201 g/mol. The molecule has 0 nitrogen and oxygen atoms in total. The van der Waals surface area contributed by atoms with Crippen molar-refractivity contribution < 1.29 is 32.7 Å². The van der Waals surface area contributed by atoms with Crippen molar-refractivity contribution in [2.75, 3.05) is 0 Å². The minimum absolute atomic E-state index is 0. The van der Waals surface area contributed by atoms with Gasteiger partial charge in [0.05, 0.1) is 0 Å². The summed E-state index contributed by atoms with van der Waals surface area (Å²) in [6.45, 7) is 2.30. The van der Waals surface area contributed by atoms with Gasteiger partial charge in [0.25, 0.3) is 0 Å². The molecule has 0 bridgehead atoms. The van der Waals surface area contributed by atoms with E-state index < -0.39 is 0 Å². The zero-order valence-electron chi connectivity index (χ0n) is 6.56. The summed E-state index contributed by atoms with van der Waals surface area (Å²) >= 11 is 0. The second-order valence-electron chi connectivity index (χ2n) is 2.50. The molecule has 1 fully saturated rings. The van der Waals surface area contributed by atoms with Crippen LogP contribution >= 0.6 is 0 Å². The molecule has 1 rings (SSSR count). The average Bonchev–Trinajstić information content (AvgIpc) is 1.69. The molecular weight excluding hydrogens is 185 g/mol. The van der Waals surface area contributed by atoms with E-state index in [9.17, 15) is 0 Å². The van der Waals surface area contributed by atoms with E-state index in [0.717, 1.165) is 5.92 Å². The third-order valence-corrected chi connectivity index (χ3v) is 1.68. The van der Waals surface area contributed by atoms with Crippen LogP contribution in [0.3, 0.4) is 0 Å². The Hall–Kier alpha value is 1.10. The molecule has 9 heavy (non-hydrogen) atoms. The van der Waals surface area contributed by atoms with E-state index in [1.165, 1.54) is 25.7 Å². The summed E-state index contributed by atoms with van der Waals surface area (Å²) in [6, 6.07) is 0. The molecule has 0 aromatic rings. The van der Waals surface area contributed by atoms with Gasteiger partial charge in [0.15, 0.2) is 0 Å². The van der Waals surface area contributed by atoms with Crippen LogP contribution in [0.15, 0.2) is 0 Å². The van der Waals surface area contributed by atoms with Crippen molar-refractivity contribution in [2.24, 2.45) is 5.92 Å². The number of hydrogen-bond donors (Lipinski definition) is 0. The first-order valence-corrected chi connectivity index (χ1v) is 3.23. The van der Waals surface area contributed by atoms with Gasteiger partial charge in [-0.25, -0.2) is 0 Å². The Morgan fingerprint density at radius 3 is 2.22 bits per heavy atom. The minimum atomic E-state index is 0. The molecule has 1 aliphatic rings. The van der Waals surface area contributed by atoms with Gasteiger partial charge in [0.2, 0.25) is 0 Å². The Morgan fingerprint density at radius 1 is 1.33 bits per heavy atom. The Kier molecular flexibility index (Phi) is 10.2. The van der Waals surface area contributed by atoms with Crippen LogP contribution < -0.4 is 0 Å². The van der Waals surface area contributed by atoms with Gasteiger partial charge in [-0.2, -0.15) is 12.3 Å². The summed E-state index contributed by atoms with van der Waals surface area (Å²) in [5.74, 6) is 0.911. The zero-order chi connectivity index (χ0) is 5.11. The van der Waals surface area contributed by atoms with E-state index in [1.807, 2.05) is 0 Å². The van der Waals surface area contributed by atoms with E-state index in [2.05, 4.69) is 13.3 Å². The Balaban J connectivity index is 0. The quantitative estimate of drug-likeness (QED) is 0.528. The van der Waals surface area contributed by atoms with E-state index in [0.29, 0.717) is 0 Å². The third-order valence-electron chi connectivity index (χ3n) is 1.68. The Labute approximate surface area is 84.7 Å². The third kappa shape index (κ3) is 5.54. The second-order valence-corrected chi connectivity index (χ2v) is 2.50. The molecule has 0 aromatic carbocycles. The molecule has 0 heterocycles. The first-order valence-electron chi connectivity index (χ1n) is 3.23. The Bertz CT molecular complexity index is 46.5. The maximum atomic E-state index is 2.43. The minimum Gasteiger partial charge on any atom is -0.358 e. The summed E-state index contributed by atoms with van der Waals surface area (Å²) in [6.07, 6.45) is 8.12. The molecule has 0 aliphatic heterocycles. The van der Waals surface area contributed by atoms with E-state index in [-0.39, 0.29) is 40.1 Å². The van der Waals surface area contributed by atoms with Gasteiger partial charge in [-0.15, -0.1) is 0 Å². The SMILES string of the molecule is CC1[CH-]CCCC1.[CH3-].[Y]. The van der Waals surface area contributed by atoms with Crippen molar-refractivity contribution in [3.63, 3.8) is 0 Å². The molecule has 0 aromatic heterocycles. The smallest absolute Gasteiger partial charge is 0 e. The van der Waals surface area contributed by atoms with Gasteiger partial charge < -0.3 is 13.8 Å². The molecule has 53 valence electrons. The van der Waals surface area contributed by atoms with Crippen LogP contribution in [0.1, 0.15) is 32.6 Å². The van der Waals surface area contributed by atoms with Crippen LogP contribution in [0.5, 0.6) is 0 Å². The topological polar surface area (TPSA) is 0 Å². The van der Waals surface area contributed by atoms with Crippen LogP contribution in [0.2, 0.25) is 0 Å². The summed E-state index contributed by atoms with van der Waals surface area (Å²) in [5.41, 5.74) is 0. The van der Waals surface area contributed by atoms with Gasteiger partial charge in [-0.1, -0.05) is 26.2 Å². The van der Waals surface area contributed by atoms with Crippen molar-refractivity contribution in [3.8, 4) is 0 Å². The van der Waals surface area contributed by atoms with E-state index in [1.54, 1.807) is 0 Å². The summed E-state index contributed by atoms with van der Waals surface area (Å²) < 4.78 is 0. The van der Waals surface area contributed by atoms with Crippen LogP contribution in [-0.4, -0.2) is 0 Å². The molecule has 1 heteroatoms. The first kappa shape index (κ1) is 12.8. The molecule has 1 unspecified atom stereocenters. The van der Waals surface area contributed by atoms with Gasteiger partial charge in [-0.05, 0) is 0 Å². The fourth-order valence-corrected chi connectivity index (χ4v) is 1.13. The maximum absolute atomic E-state index is 2.43. The molecular formula is C8H16Y-2. The predicted octanol–water partition coefficient (Wildman–Crippen LogP) is 2.85. The van der Waals surface area contributed by atoms with E-state index in [4.69, 9.17) is 0 Å². The molecule has 1 radical (unpaired) electrons. The maximum Gasteiger partial charge on any atom is 0 e. The van der Waals surface area contributed by atoms with E-state index >= 15 is 0 Å². The molecule has 0 spiro atoms. The van der Waals surface area contributed by atoms with Crippen LogP contribution in [-0.2, 0) is 32.7 Å². The first-order chi connectivity index (χ1) is 3.39.